The number of halogens is 2. The molecule has 1 aliphatic rings. The maximum absolute atomic E-state index is 14.5. The molecule has 10 heteroatoms. The zero-order valence-corrected chi connectivity index (χ0v) is 22.7. The number of benzene rings is 2. The first-order valence-electron chi connectivity index (χ1n) is 13.5. The van der Waals surface area contributed by atoms with Crippen LogP contribution in [0.5, 0.6) is 5.75 Å². The summed E-state index contributed by atoms with van der Waals surface area (Å²) in [6.45, 7) is 3.30. The predicted molar refractivity (Wildman–Crippen MR) is 153 cm³/mol. The van der Waals surface area contributed by atoms with Gasteiger partial charge in [0.05, 0.1) is 28.9 Å². The molecule has 1 atom stereocenters. The minimum absolute atomic E-state index is 0.0599. The lowest BCUT2D eigenvalue weighted by atomic mass is 9.95. The van der Waals surface area contributed by atoms with Crippen molar-refractivity contribution in [1.29, 1.82) is 5.26 Å². The second-order valence-corrected chi connectivity index (χ2v) is 10.6. The van der Waals surface area contributed by atoms with Gasteiger partial charge in [-0.05, 0) is 43.5 Å². The molecule has 0 aliphatic carbocycles. The Bertz CT molecular complexity index is 1790. The van der Waals surface area contributed by atoms with Crippen molar-refractivity contribution in [2.24, 2.45) is 12.8 Å². The summed E-state index contributed by atoms with van der Waals surface area (Å²) < 4.78 is 32.7. The van der Waals surface area contributed by atoms with Gasteiger partial charge in [0.25, 0.3) is 0 Å². The number of fused-ring (bicyclic) bond motifs is 1. The quantitative estimate of drug-likeness (QED) is 0.298. The molecule has 0 amide bonds. The Morgan fingerprint density at radius 3 is 2.44 bits per heavy atom. The highest BCUT2D eigenvalue weighted by molar-refractivity contribution is 6.09. The van der Waals surface area contributed by atoms with Gasteiger partial charge in [-0.25, -0.2) is 13.8 Å². The molecule has 6 rings (SSSR count). The third-order valence-electron chi connectivity index (χ3n) is 7.91. The average molecular weight is 554 g/mol. The third kappa shape index (κ3) is 4.68. The van der Waals surface area contributed by atoms with Crippen molar-refractivity contribution in [3.8, 4) is 34.1 Å². The van der Waals surface area contributed by atoms with E-state index in [1.54, 1.807) is 35.3 Å². The van der Waals surface area contributed by atoms with Crippen molar-refractivity contribution >= 4 is 16.7 Å². The van der Waals surface area contributed by atoms with E-state index in [-0.39, 0.29) is 23.4 Å². The molecule has 4 heterocycles. The average Bonchev–Trinajstić information content (AvgIpc) is 3.56. The number of nitriles is 1. The number of para-hydroxylation sites is 1. The van der Waals surface area contributed by atoms with E-state index < -0.39 is 11.6 Å². The number of phenolic OH excluding ortho intramolecular Hbond substituents is 1. The second-order valence-electron chi connectivity index (χ2n) is 10.6. The molecular weight excluding hydrogens is 524 g/mol. The summed E-state index contributed by atoms with van der Waals surface area (Å²) in [7, 11) is 1.85. The highest BCUT2D eigenvalue weighted by Gasteiger charge is 2.28. The number of pyridine rings is 1. The minimum Gasteiger partial charge on any atom is -0.506 e. The van der Waals surface area contributed by atoms with Crippen LogP contribution >= 0.6 is 0 Å². The smallest absolute Gasteiger partial charge is 0.143 e. The van der Waals surface area contributed by atoms with Crippen molar-refractivity contribution in [2.75, 3.05) is 18.0 Å². The summed E-state index contributed by atoms with van der Waals surface area (Å²) >= 11 is 0. The van der Waals surface area contributed by atoms with Gasteiger partial charge < -0.3 is 20.3 Å². The molecule has 1 saturated heterocycles. The number of aromatic nitrogens is 4. The van der Waals surface area contributed by atoms with Crippen LogP contribution in [0.4, 0.5) is 14.5 Å². The molecule has 1 aliphatic heterocycles. The lowest BCUT2D eigenvalue weighted by Gasteiger charge is -2.34. The molecule has 8 nitrogen and oxygen atoms in total. The molecule has 0 spiro atoms. The molecule has 41 heavy (non-hydrogen) atoms. The molecule has 0 bridgehead atoms. The first-order valence-corrected chi connectivity index (χ1v) is 13.5. The van der Waals surface area contributed by atoms with Gasteiger partial charge >= 0.3 is 0 Å². The highest BCUT2D eigenvalue weighted by atomic mass is 19.1. The van der Waals surface area contributed by atoms with E-state index in [1.807, 2.05) is 30.9 Å². The molecular formula is C31H29F2N7O. The lowest BCUT2D eigenvalue weighted by molar-refractivity contribution is 0.475. The monoisotopic (exact) mass is 553 g/mol. The molecule has 3 N–H and O–H groups in total. The van der Waals surface area contributed by atoms with Crippen molar-refractivity contribution in [1.82, 2.24) is 19.3 Å². The summed E-state index contributed by atoms with van der Waals surface area (Å²) in [4.78, 5) is 7.03. The number of nitrogens with two attached hydrogens (primary N) is 1. The van der Waals surface area contributed by atoms with E-state index in [9.17, 15) is 19.1 Å². The third-order valence-corrected chi connectivity index (χ3v) is 7.91. The fraction of sp³-hybridized carbons (Fsp3) is 0.258. The van der Waals surface area contributed by atoms with Gasteiger partial charge in [-0.2, -0.15) is 10.4 Å². The Morgan fingerprint density at radius 1 is 1.05 bits per heavy atom. The van der Waals surface area contributed by atoms with Gasteiger partial charge in [-0.1, -0.05) is 12.1 Å². The van der Waals surface area contributed by atoms with Gasteiger partial charge in [0.1, 0.15) is 29.1 Å². The number of rotatable bonds is 5. The van der Waals surface area contributed by atoms with E-state index in [0.717, 1.165) is 30.2 Å². The van der Waals surface area contributed by atoms with Crippen molar-refractivity contribution in [3.05, 3.63) is 83.9 Å². The maximum atomic E-state index is 14.5. The Balaban J connectivity index is 1.71. The fourth-order valence-corrected chi connectivity index (χ4v) is 5.74. The summed E-state index contributed by atoms with van der Waals surface area (Å²) in [5.74, 6) is -1.51. The number of anilines is 1. The summed E-state index contributed by atoms with van der Waals surface area (Å²) in [5.41, 5.74) is 10.8. The number of aromatic hydroxyl groups is 1. The lowest BCUT2D eigenvalue weighted by Crippen LogP contribution is -2.40. The van der Waals surface area contributed by atoms with Crippen LogP contribution in [0.15, 0.2) is 61.2 Å². The predicted octanol–water partition coefficient (Wildman–Crippen LogP) is 5.50. The Morgan fingerprint density at radius 2 is 1.78 bits per heavy atom. The van der Waals surface area contributed by atoms with E-state index in [0.29, 0.717) is 46.4 Å². The molecule has 3 aromatic heterocycles. The second kappa shape index (κ2) is 10.3. The highest BCUT2D eigenvalue weighted by Crippen LogP contribution is 2.46. The minimum atomic E-state index is -0.686. The molecule has 1 unspecified atom stereocenters. The van der Waals surface area contributed by atoms with Crippen LogP contribution in [0.2, 0.25) is 0 Å². The Labute approximate surface area is 235 Å². The van der Waals surface area contributed by atoms with Crippen molar-refractivity contribution in [3.63, 3.8) is 0 Å². The number of piperidine rings is 1. The fourth-order valence-electron chi connectivity index (χ4n) is 5.74. The van der Waals surface area contributed by atoms with Crippen LogP contribution < -0.4 is 10.6 Å². The largest absolute Gasteiger partial charge is 0.506 e. The van der Waals surface area contributed by atoms with E-state index >= 15 is 0 Å². The first-order chi connectivity index (χ1) is 19.7. The Kier molecular flexibility index (Phi) is 6.67. The standard InChI is InChI=1S/C31H29F2N7O/c1-18(21-14-37-38(2)16-21)40-17-27(25-5-3-4-19(13-34)30(25)41)28-29(39-8-6-24(35)7-9-39)26(15-36-31(28)40)20-10-22(32)12-23(33)11-20/h3-5,10-12,14-18,24,41H,6-9,35H2,1-2H3. The number of phenols is 1. The molecule has 208 valence electrons. The maximum Gasteiger partial charge on any atom is 0.143 e. The molecule has 1 fully saturated rings. The van der Waals surface area contributed by atoms with Crippen LogP contribution in [-0.2, 0) is 7.05 Å². The van der Waals surface area contributed by atoms with Gasteiger partial charge in [-0.3, -0.25) is 4.68 Å². The van der Waals surface area contributed by atoms with Crippen molar-refractivity contribution in [2.45, 2.75) is 31.8 Å². The van der Waals surface area contributed by atoms with Crippen LogP contribution in [0.1, 0.15) is 36.9 Å². The SMILES string of the molecule is CC(c1cnn(C)c1)n1cc(-c2cccc(C#N)c2O)c2c(N3CCC(N)CC3)c(-c3cc(F)cc(F)c3)cnc21. The number of hydrogen-bond acceptors (Lipinski definition) is 6. The van der Waals surface area contributed by atoms with E-state index in [1.165, 1.54) is 12.1 Å². The zero-order chi connectivity index (χ0) is 28.8. The normalized spacial score (nSPS) is 14.9. The van der Waals surface area contributed by atoms with Crippen LogP contribution in [0, 0.1) is 23.0 Å². The number of aryl methyl sites for hydroxylation is 1. The summed E-state index contributed by atoms with van der Waals surface area (Å²) in [5, 5.41) is 25.9. The van der Waals surface area contributed by atoms with Gasteiger partial charge in [0.15, 0.2) is 0 Å². The Hall–Kier alpha value is -4.75. The topological polar surface area (TPSA) is 109 Å². The van der Waals surface area contributed by atoms with Crippen molar-refractivity contribution < 1.29 is 13.9 Å². The van der Waals surface area contributed by atoms with E-state index in [2.05, 4.69) is 16.1 Å². The molecule has 2 aromatic carbocycles. The van der Waals surface area contributed by atoms with Gasteiger partial charge in [-0.15, -0.1) is 0 Å². The summed E-state index contributed by atoms with van der Waals surface area (Å²) in [6.07, 6.45) is 8.79. The molecule has 5 aromatic rings. The van der Waals surface area contributed by atoms with Crippen LogP contribution in [-0.4, -0.2) is 43.6 Å². The molecule has 0 saturated carbocycles. The number of nitrogens with zero attached hydrogens (tertiary/aromatic N) is 6. The zero-order valence-electron chi connectivity index (χ0n) is 22.7. The number of hydrogen-bond donors (Lipinski definition) is 2. The first kappa shape index (κ1) is 26.5. The molecule has 0 radical (unpaired) electrons. The van der Waals surface area contributed by atoms with Gasteiger partial charge in [0, 0.05) is 73.1 Å². The van der Waals surface area contributed by atoms with Gasteiger partial charge in [0.2, 0.25) is 0 Å². The summed E-state index contributed by atoms with van der Waals surface area (Å²) in [6, 6.07) is 10.4. The van der Waals surface area contributed by atoms with E-state index in [4.69, 9.17) is 10.7 Å². The van der Waals surface area contributed by atoms with Crippen LogP contribution in [0.25, 0.3) is 33.3 Å². The van der Waals surface area contributed by atoms with Crippen LogP contribution in [0.3, 0.4) is 0 Å².